The van der Waals surface area contributed by atoms with E-state index in [1.807, 2.05) is 10.8 Å². The molecule has 1 atom stereocenters. The molecule has 4 heteroatoms. The van der Waals surface area contributed by atoms with Crippen molar-refractivity contribution in [3.8, 4) is 5.69 Å². The van der Waals surface area contributed by atoms with Gasteiger partial charge in [0.2, 0.25) is 0 Å². The van der Waals surface area contributed by atoms with Crippen molar-refractivity contribution in [2.75, 3.05) is 13.2 Å². The van der Waals surface area contributed by atoms with E-state index in [2.05, 4.69) is 34.1 Å². The Labute approximate surface area is 119 Å². The van der Waals surface area contributed by atoms with Gasteiger partial charge in [-0.2, -0.15) is 0 Å². The van der Waals surface area contributed by atoms with Crippen LogP contribution in [0.2, 0.25) is 0 Å². The summed E-state index contributed by atoms with van der Waals surface area (Å²) >= 11 is 0. The third-order valence-corrected chi connectivity index (χ3v) is 4.08. The van der Waals surface area contributed by atoms with Crippen molar-refractivity contribution in [2.45, 2.75) is 31.8 Å². The maximum Gasteiger partial charge on any atom is 0.0991 e. The third-order valence-electron chi connectivity index (χ3n) is 4.08. The number of nitrogens with zero attached hydrogens (tertiary/aromatic N) is 3. The molecular weight excluding hydrogens is 250 g/mol. The zero-order chi connectivity index (χ0) is 13.8. The Hall–Kier alpha value is -1.65. The first kappa shape index (κ1) is 13.3. The van der Waals surface area contributed by atoms with Gasteiger partial charge >= 0.3 is 0 Å². The summed E-state index contributed by atoms with van der Waals surface area (Å²) in [6, 6.07) is 8.90. The molecule has 1 aliphatic rings. The summed E-state index contributed by atoms with van der Waals surface area (Å²) in [5, 5.41) is 9.46. The molecule has 4 nitrogen and oxygen atoms in total. The van der Waals surface area contributed by atoms with Gasteiger partial charge in [0.25, 0.3) is 0 Å². The first-order valence-corrected chi connectivity index (χ1v) is 7.29. The quantitative estimate of drug-likeness (QED) is 0.927. The van der Waals surface area contributed by atoms with Crippen LogP contribution in [0.5, 0.6) is 0 Å². The van der Waals surface area contributed by atoms with Crippen LogP contribution in [0.25, 0.3) is 5.69 Å². The Bertz CT molecular complexity index is 521. The van der Waals surface area contributed by atoms with Crippen molar-refractivity contribution < 1.29 is 5.11 Å². The Morgan fingerprint density at radius 3 is 2.75 bits per heavy atom. The van der Waals surface area contributed by atoms with Gasteiger partial charge in [-0.3, -0.25) is 4.90 Å². The molecule has 0 amide bonds. The van der Waals surface area contributed by atoms with Crippen molar-refractivity contribution in [1.29, 1.82) is 0 Å². The minimum absolute atomic E-state index is 0.271. The second-order valence-corrected chi connectivity index (χ2v) is 5.44. The Morgan fingerprint density at radius 2 is 2.05 bits per heavy atom. The standard InChI is InChI=1S/C16H21N3O/c20-12-16-3-1-2-9-18(16)11-14-4-6-15(7-5-14)19-10-8-17-13-19/h4-8,10,13,16,20H,1-3,9,11-12H2. The van der Waals surface area contributed by atoms with Gasteiger partial charge in [-0.25, -0.2) is 4.98 Å². The van der Waals surface area contributed by atoms with Crippen LogP contribution < -0.4 is 0 Å². The number of hydrogen-bond acceptors (Lipinski definition) is 3. The molecule has 1 fully saturated rings. The number of likely N-dealkylation sites (tertiary alicyclic amines) is 1. The highest BCUT2D eigenvalue weighted by Crippen LogP contribution is 2.20. The fraction of sp³-hybridized carbons (Fsp3) is 0.438. The number of aromatic nitrogens is 2. The van der Waals surface area contributed by atoms with Crippen molar-refractivity contribution in [3.05, 3.63) is 48.5 Å². The summed E-state index contributed by atoms with van der Waals surface area (Å²) in [7, 11) is 0. The van der Waals surface area contributed by atoms with Crippen LogP contribution in [0.4, 0.5) is 0 Å². The predicted octanol–water partition coefficient (Wildman–Crippen LogP) is 2.22. The first-order valence-electron chi connectivity index (χ1n) is 7.29. The molecule has 2 heterocycles. The van der Waals surface area contributed by atoms with E-state index in [9.17, 15) is 5.11 Å². The second kappa shape index (κ2) is 6.20. The molecule has 0 bridgehead atoms. The Kier molecular flexibility index (Phi) is 4.14. The van der Waals surface area contributed by atoms with E-state index in [4.69, 9.17) is 0 Å². The number of imidazole rings is 1. The molecule has 2 aromatic rings. The molecule has 1 aliphatic heterocycles. The van der Waals surface area contributed by atoms with Gasteiger partial charge in [-0.05, 0) is 37.1 Å². The van der Waals surface area contributed by atoms with E-state index < -0.39 is 0 Å². The van der Waals surface area contributed by atoms with Gasteiger partial charge in [0, 0.05) is 30.7 Å². The molecule has 1 N–H and O–H groups in total. The maximum atomic E-state index is 9.46. The highest BCUT2D eigenvalue weighted by Gasteiger charge is 2.21. The van der Waals surface area contributed by atoms with Gasteiger partial charge in [-0.15, -0.1) is 0 Å². The van der Waals surface area contributed by atoms with Gasteiger partial charge in [0.15, 0.2) is 0 Å². The predicted molar refractivity (Wildman–Crippen MR) is 78.7 cm³/mol. The van der Waals surface area contributed by atoms with E-state index >= 15 is 0 Å². The fourth-order valence-corrected chi connectivity index (χ4v) is 2.89. The Balaban J connectivity index is 1.68. The number of aliphatic hydroxyl groups excluding tert-OH is 1. The van der Waals surface area contributed by atoms with Crippen molar-refractivity contribution in [3.63, 3.8) is 0 Å². The molecule has 1 aromatic heterocycles. The third kappa shape index (κ3) is 2.92. The molecular formula is C16H21N3O. The van der Waals surface area contributed by atoms with Crippen LogP contribution in [-0.4, -0.2) is 38.8 Å². The summed E-state index contributed by atoms with van der Waals surface area (Å²) in [6.07, 6.45) is 9.13. The summed E-state index contributed by atoms with van der Waals surface area (Å²) in [4.78, 5) is 6.46. The number of rotatable bonds is 4. The maximum absolute atomic E-state index is 9.46. The molecule has 1 unspecified atom stereocenters. The van der Waals surface area contributed by atoms with Crippen molar-refractivity contribution in [2.24, 2.45) is 0 Å². The van der Waals surface area contributed by atoms with Crippen LogP contribution in [-0.2, 0) is 6.54 Å². The van der Waals surface area contributed by atoms with E-state index in [0.717, 1.165) is 25.2 Å². The first-order chi connectivity index (χ1) is 9.86. The van der Waals surface area contributed by atoms with Crippen LogP contribution in [0.1, 0.15) is 24.8 Å². The number of hydrogen-bond donors (Lipinski definition) is 1. The van der Waals surface area contributed by atoms with Crippen LogP contribution in [0.3, 0.4) is 0 Å². The van der Waals surface area contributed by atoms with E-state index in [1.54, 1.807) is 12.5 Å². The van der Waals surface area contributed by atoms with E-state index in [0.29, 0.717) is 6.04 Å². The summed E-state index contributed by atoms with van der Waals surface area (Å²) in [5.74, 6) is 0. The molecule has 1 saturated heterocycles. The molecule has 20 heavy (non-hydrogen) atoms. The minimum Gasteiger partial charge on any atom is -0.395 e. The SMILES string of the molecule is OCC1CCCCN1Cc1ccc(-n2ccnc2)cc1. The lowest BCUT2D eigenvalue weighted by molar-refractivity contribution is 0.0841. The molecule has 0 radical (unpaired) electrons. The lowest BCUT2D eigenvalue weighted by Gasteiger charge is -2.34. The molecule has 106 valence electrons. The van der Waals surface area contributed by atoms with Gasteiger partial charge in [0.05, 0.1) is 12.9 Å². The van der Waals surface area contributed by atoms with Gasteiger partial charge < -0.3 is 9.67 Å². The number of piperidine rings is 1. The zero-order valence-electron chi connectivity index (χ0n) is 11.7. The largest absolute Gasteiger partial charge is 0.395 e. The molecule has 0 saturated carbocycles. The summed E-state index contributed by atoms with van der Waals surface area (Å²) in [6.45, 7) is 2.29. The number of aliphatic hydroxyl groups is 1. The zero-order valence-corrected chi connectivity index (χ0v) is 11.7. The summed E-state index contributed by atoms with van der Waals surface area (Å²) < 4.78 is 2.00. The lowest BCUT2D eigenvalue weighted by atomic mass is 10.0. The Morgan fingerprint density at radius 1 is 1.20 bits per heavy atom. The monoisotopic (exact) mass is 271 g/mol. The average Bonchev–Trinajstić information content (AvgIpc) is 3.03. The van der Waals surface area contributed by atoms with Gasteiger partial charge in [0.1, 0.15) is 0 Å². The summed E-state index contributed by atoms with van der Waals surface area (Å²) in [5.41, 5.74) is 2.43. The van der Waals surface area contributed by atoms with E-state index in [-0.39, 0.29) is 6.61 Å². The normalized spacial score (nSPS) is 20.1. The van der Waals surface area contributed by atoms with Crippen LogP contribution >= 0.6 is 0 Å². The van der Waals surface area contributed by atoms with E-state index in [1.165, 1.54) is 18.4 Å². The molecule has 0 spiro atoms. The average molecular weight is 271 g/mol. The van der Waals surface area contributed by atoms with Crippen LogP contribution in [0.15, 0.2) is 43.0 Å². The number of benzene rings is 1. The van der Waals surface area contributed by atoms with Crippen molar-refractivity contribution >= 4 is 0 Å². The highest BCUT2D eigenvalue weighted by atomic mass is 16.3. The molecule has 1 aromatic carbocycles. The second-order valence-electron chi connectivity index (χ2n) is 5.44. The minimum atomic E-state index is 0.271. The fourth-order valence-electron chi connectivity index (χ4n) is 2.89. The highest BCUT2D eigenvalue weighted by molar-refractivity contribution is 5.34. The van der Waals surface area contributed by atoms with Crippen LogP contribution in [0, 0.1) is 0 Å². The molecule has 3 rings (SSSR count). The smallest absolute Gasteiger partial charge is 0.0991 e. The van der Waals surface area contributed by atoms with Crippen molar-refractivity contribution in [1.82, 2.24) is 14.5 Å². The lowest BCUT2D eigenvalue weighted by Crippen LogP contribution is -2.41. The molecule has 0 aliphatic carbocycles. The topological polar surface area (TPSA) is 41.3 Å². The van der Waals surface area contributed by atoms with Gasteiger partial charge in [-0.1, -0.05) is 18.6 Å².